The average molecular weight is 268 g/mol. The van der Waals surface area contributed by atoms with Crippen molar-refractivity contribution in [1.29, 1.82) is 0 Å². The summed E-state index contributed by atoms with van der Waals surface area (Å²) in [7, 11) is 0. The number of hydrogen-bond acceptors (Lipinski definition) is 5. The first-order valence-corrected chi connectivity index (χ1v) is 6.09. The van der Waals surface area contributed by atoms with E-state index in [1.807, 2.05) is 6.92 Å². The molecule has 0 bridgehead atoms. The molecule has 2 heterocycles. The molecule has 1 aromatic heterocycles. The largest absolute Gasteiger partial charge is 0.480 e. The molecule has 1 amide bonds. The molecule has 1 fully saturated rings. The van der Waals surface area contributed by atoms with E-state index in [0.29, 0.717) is 6.61 Å². The standard InChI is InChI=1S/C11H16N4O4/c1-7-4-8(2-3-19-7)12-11(18)9-5-15(14-13-9)6-10(16)17/h5,7-8H,2-4,6H2,1H3,(H,12,18)(H,16,17). The number of ether oxygens (including phenoxy) is 1. The molecule has 0 aliphatic carbocycles. The molecule has 19 heavy (non-hydrogen) atoms. The molecular formula is C11H16N4O4. The van der Waals surface area contributed by atoms with Crippen LogP contribution in [0.3, 0.4) is 0 Å². The molecule has 104 valence electrons. The summed E-state index contributed by atoms with van der Waals surface area (Å²) in [4.78, 5) is 22.4. The summed E-state index contributed by atoms with van der Waals surface area (Å²) in [5, 5.41) is 18.7. The Morgan fingerprint density at radius 2 is 2.42 bits per heavy atom. The van der Waals surface area contributed by atoms with Gasteiger partial charge in [-0.1, -0.05) is 5.21 Å². The molecule has 2 unspecified atom stereocenters. The van der Waals surface area contributed by atoms with Crippen LogP contribution in [-0.2, 0) is 16.1 Å². The van der Waals surface area contributed by atoms with E-state index in [1.54, 1.807) is 0 Å². The molecule has 0 saturated carbocycles. The molecule has 0 spiro atoms. The van der Waals surface area contributed by atoms with Gasteiger partial charge in [-0.15, -0.1) is 5.10 Å². The topological polar surface area (TPSA) is 106 Å². The Labute approximate surface area is 109 Å². The van der Waals surface area contributed by atoms with E-state index in [1.165, 1.54) is 6.20 Å². The quantitative estimate of drug-likeness (QED) is 0.773. The molecule has 1 aliphatic rings. The molecule has 1 aromatic rings. The number of hydrogen-bond donors (Lipinski definition) is 2. The van der Waals surface area contributed by atoms with Crippen molar-refractivity contribution in [3.05, 3.63) is 11.9 Å². The molecule has 0 aromatic carbocycles. The van der Waals surface area contributed by atoms with Gasteiger partial charge in [-0.3, -0.25) is 9.59 Å². The van der Waals surface area contributed by atoms with Crippen LogP contribution in [0.25, 0.3) is 0 Å². The predicted octanol–water partition coefficient (Wildman–Crippen LogP) is -0.340. The third kappa shape index (κ3) is 3.75. The molecule has 1 aliphatic heterocycles. The number of carboxylic acids is 1. The third-order valence-corrected chi connectivity index (χ3v) is 2.89. The minimum absolute atomic E-state index is 0.0564. The fraction of sp³-hybridized carbons (Fsp3) is 0.636. The first-order chi connectivity index (χ1) is 9.04. The zero-order valence-corrected chi connectivity index (χ0v) is 10.6. The van der Waals surface area contributed by atoms with Crippen molar-refractivity contribution >= 4 is 11.9 Å². The monoisotopic (exact) mass is 268 g/mol. The Bertz CT molecular complexity index is 473. The van der Waals surface area contributed by atoms with Crippen LogP contribution in [0.15, 0.2) is 6.20 Å². The van der Waals surface area contributed by atoms with E-state index in [2.05, 4.69) is 15.6 Å². The van der Waals surface area contributed by atoms with Gasteiger partial charge in [0.1, 0.15) is 6.54 Å². The zero-order valence-electron chi connectivity index (χ0n) is 10.6. The van der Waals surface area contributed by atoms with Gasteiger partial charge in [-0.25, -0.2) is 4.68 Å². The Morgan fingerprint density at radius 3 is 3.11 bits per heavy atom. The van der Waals surface area contributed by atoms with E-state index in [-0.39, 0.29) is 30.3 Å². The second-order valence-corrected chi connectivity index (χ2v) is 4.57. The first kappa shape index (κ1) is 13.5. The SMILES string of the molecule is CC1CC(NC(=O)c2cn(CC(=O)O)nn2)CCO1. The minimum atomic E-state index is -1.03. The summed E-state index contributed by atoms with van der Waals surface area (Å²) in [5.41, 5.74) is 0.125. The van der Waals surface area contributed by atoms with Crippen LogP contribution in [0.4, 0.5) is 0 Å². The van der Waals surface area contributed by atoms with E-state index >= 15 is 0 Å². The number of amides is 1. The number of nitrogens with one attached hydrogen (secondary N) is 1. The van der Waals surface area contributed by atoms with Crippen molar-refractivity contribution in [3.63, 3.8) is 0 Å². The van der Waals surface area contributed by atoms with Crippen molar-refractivity contribution in [3.8, 4) is 0 Å². The van der Waals surface area contributed by atoms with Crippen molar-refractivity contribution in [2.75, 3.05) is 6.61 Å². The lowest BCUT2D eigenvalue weighted by molar-refractivity contribution is -0.137. The first-order valence-electron chi connectivity index (χ1n) is 6.09. The average Bonchev–Trinajstić information content (AvgIpc) is 2.76. The fourth-order valence-corrected chi connectivity index (χ4v) is 2.01. The molecule has 8 nitrogen and oxygen atoms in total. The van der Waals surface area contributed by atoms with Crippen LogP contribution in [0.1, 0.15) is 30.3 Å². The highest BCUT2D eigenvalue weighted by Crippen LogP contribution is 2.13. The Hall–Kier alpha value is -1.96. The predicted molar refractivity (Wildman–Crippen MR) is 63.6 cm³/mol. The Balaban J connectivity index is 1.92. The maximum absolute atomic E-state index is 11.9. The molecule has 8 heteroatoms. The van der Waals surface area contributed by atoms with Crippen molar-refractivity contribution in [2.24, 2.45) is 0 Å². The van der Waals surface area contributed by atoms with Crippen LogP contribution < -0.4 is 5.32 Å². The van der Waals surface area contributed by atoms with Gasteiger partial charge in [0.25, 0.3) is 5.91 Å². The van der Waals surface area contributed by atoms with E-state index in [0.717, 1.165) is 17.5 Å². The summed E-state index contributed by atoms with van der Waals surface area (Å²) < 4.78 is 6.51. The molecule has 1 saturated heterocycles. The number of carbonyl (C=O) groups excluding carboxylic acids is 1. The van der Waals surface area contributed by atoms with Crippen LogP contribution in [0.2, 0.25) is 0 Å². The summed E-state index contributed by atoms with van der Waals surface area (Å²) in [6.45, 7) is 2.27. The zero-order chi connectivity index (χ0) is 13.8. The second-order valence-electron chi connectivity index (χ2n) is 4.57. The lowest BCUT2D eigenvalue weighted by atomic mass is 10.0. The van der Waals surface area contributed by atoms with Crippen LogP contribution in [-0.4, -0.2) is 50.7 Å². The van der Waals surface area contributed by atoms with Gasteiger partial charge in [0.15, 0.2) is 5.69 Å². The van der Waals surface area contributed by atoms with Gasteiger partial charge in [0, 0.05) is 12.6 Å². The normalized spacial score (nSPS) is 23.0. The van der Waals surface area contributed by atoms with E-state index in [9.17, 15) is 9.59 Å². The van der Waals surface area contributed by atoms with Gasteiger partial charge < -0.3 is 15.2 Å². The minimum Gasteiger partial charge on any atom is -0.480 e. The summed E-state index contributed by atoms with van der Waals surface area (Å²) in [5.74, 6) is -1.37. The van der Waals surface area contributed by atoms with Crippen molar-refractivity contribution in [2.45, 2.75) is 38.5 Å². The van der Waals surface area contributed by atoms with E-state index < -0.39 is 5.97 Å². The number of carbonyl (C=O) groups is 2. The van der Waals surface area contributed by atoms with Gasteiger partial charge in [-0.05, 0) is 19.8 Å². The molecular weight excluding hydrogens is 252 g/mol. The maximum Gasteiger partial charge on any atom is 0.325 e. The lowest BCUT2D eigenvalue weighted by Crippen LogP contribution is -2.41. The molecule has 2 atom stereocenters. The van der Waals surface area contributed by atoms with Crippen molar-refractivity contribution < 1.29 is 19.4 Å². The highest BCUT2D eigenvalue weighted by molar-refractivity contribution is 5.92. The second kappa shape index (κ2) is 5.79. The van der Waals surface area contributed by atoms with Crippen molar-refractivity contribution in [1.82, 2.24) is 20.3 Å². The van der Waals surface area contributed by atoms with Crippen LogP contribution in [0.5, 0.6) is 0 Å². The molecule has 0 radical (unpaired) electrons. The van der Waals surface area contributed by atoms with Gasteiger partial charge in [0.2, 0.25) is 0 Å². The highest BCUT2D eigenvalue weighted by atomic mass is 16.5. The number of aromatic nitrogens is 3. The highest BCUT2D eigenvalue weighted by Gasteiger charge is 2.22. The van der Waals surface area contributed by atoms with Crippen LogP contribution in [0, 0.1) is 0 Å². The van der Waals surface area contributed by atoms with Gasteiger partial charge in [0.05, 0.1) is 12.3 Å². The lowest BCUT2D eigenvalue weighted by Gasteiger charge is -2.27. The van der Waals surface area contributed by atoms with Gasteiger partial charge in [-0.2, -0.15) is 0 Å². The fourth-order valence-electron chi connectivity index (χ4n) is 2.01. The Morgan fingerprint density at radius 1 is 1.63 bits per heavy atom. The number of carboxylic acid groups (broad SMARTS) is 1. The van der Waals surface area contributed by atoms with Gasteiger partial charge >= 0.3 is 5.97 Å². The third-order valence-electron chi connectivity index (χ3n) is 2.89. The molecule has 2 rings (SSSR count). The van der Waals surface area contributed by atoms with E-state index in [4.69, 9.17) is 9.84 Å². The number of rotatable bonds is 4. The summed E-state index contributed by atoms with van der Waals surface area (Å²) in [6.07, 6.45) is 2.97. The summed E-state index contributed by atoms with van der Waals surface area (Å²) in [6, 6.07) is 0.0564. The number of nitrogens with zero attached hydrogens (tertiary/aromatic N) is 3. The molecule has 2 N–H and O–H groups in total. The summed E-state index contributed by atoms with van der Waals surface area (Å²) >= 11 is 0. The number of aliphatic carboxylic acids is 1. The smallest absolute Gasteiger partial charge is 0.325 e. The maximum atomic E-state index is 11.9. The Kier molecular flexibility index (Phi) is 4.10. The van der Waals surface area contributed by atoms with Crippen LogP contribution >= 0.6 is 0 Å².